The van der Waals surface area contributed by atoms with Crippen LogP contribution in [0.2, 0.25) is 0 Å². The molecule has 0 aliphatic carbocycles. The van der Waals surface area contributed by atoms with Crippen molar-refractivity contribution in [3.8, 4) is 6.07 Å². The van der Waals surface area contributed by atoms with Gasteiger partial charge in [-0.25, -0.2) is 0 Å². The van der Waals surface area contributed by atoms with Crippen molar-refractivity contribution in [1.82, 2.24) is 0 Å². The monoisotopic (exact) mass is 241 g/mol. The lowest BCUT2D eigenvalue weighted by atomic mass is 9.84. The van der Waals surface area contributed by atoms with E-state index in [1.807, 2.05) is 6.92 Å². The Morgan fingerprint density at radius 3 is 2.44 bits per heavy atom. The molecule has 1 heterocycles. The summed E-state index contributed by atoms with van der Waals surface area (Å²) in [6, 6.07) is 6.48. The van der Waals surface area contributed by atoms with Crippen molar-refractivity contribution in [2.75, 3.05) is 0 Å². The molecule has 0 fully saturated rings. The van der Waals surface area contributed by atoms with E-state index in [4.69, 9.17) is 9.68 Å². The van der Waals surface area contributed by atoms with E-state index in [0.29, 0.717) is 5.76 Å². The van der Waals surface area contributed by atoms with E-state index in [2.05, 4.69) is 45.9 Å². The highest BCUT2D eigenvalue weighted by Gasteiger charge is 2.22. The van der Waals surface area contributed by atoms with Gasteiger partial charge in [-0.05, 0) is 30.4 Å². The molecule has 0 bridgehead atoms. The maximum atomic E-state index is 9.10. The number of benzene rings is 1. The Labute approximate surface area is 108 Å². The molecule has 94 valence electrons. The maximum absolute atomic E-state index is 9.10. The van der Waals surface area contributed by atoms with Crippen LogP contribution in [0.5, 0.6) is 0 Å². The van der Waals surface area contributed by atoms with Crippen molar-refractivity contribution in [2.45, 2.75) is 46.5 Å². The lowest BCUT2D eigenvalue weighted by molar-refractivity contribution is 0.550. The summed E-state index contributed by atoms with van der Waals surface area (Å²) in [7, 11) is 0. The first-order valence-electron chi connectivity index (χ1n) is 6.35. The van der Waals surface area contributed by atoms with E-state index in [1.54, 1.807) is 0 Å². The van der Waals surface area contributed by atoms with E-state index in [1.165, 1.54) is 11.1 Å². The minimum absolute atomic E-state index is 0.0143. The first-order valence-corrected chi connectivity index (χ1v) is 6.35. The Balaban J connectivity index is 2.89. The molecule has 0 amide bonds. The predicted molar refractivity (Wildman–Crippen MR) is 73.7 cm³/mol. The van der Waals surface area contributed by atoms with E-state index in [0.717, 1.165) is 23.0 Å². The molecular formula is C16H19NO. The summed E-state index contributed by atoms with van der Waals surface area (Å²) >= 11 is 0. The highest BCUT2D eigenvalue weighted by atomic mass is 16.3. The molecule has 2 nitrogen and oxygen atoms in total. The van der Waals surface area contributed by atoms with Crippen LogP contribution in [0.3, 0.4) is 0 Å². The standard InChI is InChI=1S/C16H19NO/c1-6-11-7-12-10(2)14(9-17)18-15(12)13(8-11)16(3,4)5/h7-8H,6H2,1-5H3. The van der Waals surface area contributed by atoms with Gasteiger partial charge < -0.3 is 4.42 Å². The van der Waals surface area contributed by atoms with Gasteiger partial charge in [0.25, 0.3) is 0 Å². The van der Waals surface area contributed by atoms with Gasteiger partial charge in [-0.15, -0.1) is 0 Å². The SMILES string of the molecule is CCc1cc(C(C)(C)C)c2oc(C#N)c(C)c2c1. The number of rotatable bonds is 1. The molecule has 0 unspecified atom stereocenters. The zero-order valence-corrected chi connectivity index (χ0v) is 11.7. The largest absolute Gasteiger partial charge is 0.445 e. The van der Waals surface area contributed by atoms with Gasteiger partial charge in [0.1, 0.15) is 11.7 Å². The summed E-state index contributed by atoms with van der Waals surface area (Å²) in [6.07, 6.45) is 0.992. The molecule has 2 aromatic rings. The van der Waals surface area contributed by atoms with Crippen molar-refractivity contribution in [3.05, 3.63) is 34.6 Å². The summed E-state index contributed by atoms with van der Waals surface area (Å²) in [4.78, 5) is 0. The smallest absolute Gasteiger partial charge is 0.207 e. The number of furan rings is 1. The third kappa shape index (κ3) is 1.90. The summed E-state index contributed by atoms with van der Waals surface area (Å²) in [5.74, 6) is 0.434. The fourth-order valence-corrected chi connectivity index (χ4v) is 2.25. The first kappa shape index (κ1) is 12.7. The number of nitriles is 1. The fraction of sp³-hybridized carbons (Fsp3) is 0.438. The molecule has 1 aromatic heterocycles. The van der Waals surface area contributed by atoms with Crippen molar-refractivity contribution in [3.63, 3.8) is 0 Å². The van der Waals surface area contributed by atoms with Gasteiger partial charge in [0.2, 0.25) is 5.76 Å². The van der Waals surface area contributed by atoms with Crippen molar-refractivity contribution in [1.29, 1.82) is 5.26 Å². The summed E-state index contributed by atoms with van der Waals surface area (Å²) in [5.41, 5.74) is 4.31. The van der Waals surface area contributed by atoms with E-state index in [-0.39, 0.29) is 5.41 Å². The van der Waals surface area contributed by atoms with Gasteiger partial charge in [-0.1, -0.05) is 33.8 Å². The second-order valence-corrected chi connectivity index (χ2v) is 5.79. The Hall–Kier alpha value is -1.75. The molecule has 0 N–H and O–H groups in total. The lowest BCUT2D eigenvalue weighted by Crippen LogP contribution is -2.11. The van der Waals surface area contributed by atoms with E-state index in [9.17, 15) is 0 Å². The highest BCUT2D eigenvalue weighted by molar-refractivity contribution is 5.87. The molecule has 0 aliphatic rings. The molecular weight excluding hydrogens is 222 g/mol. The molecule has 0 atom stereocenters. The highest BCUT2D eigenvalue weighted by Crippen LogP contribution is 2.35. The number of aryl methyl sites for hydroxylation is 2. The average Bonchev–Trinajstić information content (AvgIpc) is 2.64. The predicted octanol–water partition coefficient (Wildman–Crippen LogP) is 4.47. The molecule has 0 spiro atoms. The Bertz CT molecular complexity index is 636. The van der Waals surface area contributed by atoms with Crippen LogP contribution in [0.4, 0.5) is 0 Å². The zero-order chi connectivity index (χ0) is 13.5. The number of hydrogen-bond donors (Lipinski definition) is 0. The number of nitrogens with zero attached hydrogens (tertiary/aromatic N) is 1. The Kier molecular flexibility index (Phi) is 2.94. The van der Waals surface area contributed by atoms with Crippen LogP contribution in [0.1, 0.15) is 50.1 Å². The molecule has 0 radical (unpaired) electrons. The third-order valence-electron chi connectivity index (χ3n) is 3.42. The summed E-state index contributed by atoms with van der Waals surface area (Å²) in [5, 5.41) is 10.2. The van der Waals surface area contributed by atoms with Gasteiger partial charge in [0, 0.05) is 16.5 Å². The second kappa shape index (κ2) is 4.17. The van der Waals surface area contributed by atoms with Crippen molar-refractivity contribution < 1.29 is 4.42 Å². The molecule has 0 saturated heterocycles. The number of fused-ring (bicyclic) bond motifs is 1. The van der Waals surface area contributed by atoms with Crippen LogP contribution < -0.4 is 0 Å². The van der Waals surface area contributed by atoms with Crippen LogP contribution in [0.15, 0.2) is 16.5 Å². The molecule has 0 saturated carbocycles. The van der Waals surface area contributed by atoms with E-state index >= 15 is 0 Å². The maximum Gasteiger partial charge on any atom is 0.207 e. The van der Waals surface area contributed by atoms with Crippen LogP contribution in [-0.4, -0.2) is 0 Å². The summed E-state index contributed by atoms with van der Waals surface area (Å²) in [6.45, 7) is 10.6. The lowest BCUT2D eigenvalue weighted by Gasteiger charge is -2.20. The topological polar surface area (TPSA) is 36.9 Å². The molecule has 2 heteroatoms. The fourth-order valence-electron chi connectivity index (χ4n) is 2.25. The van der Waals surface area contributed by atoms with Gasteiger partial charge in [0.15, 0.2) is 0 Å². The van der Waals surface area contributed by atoms with Gasteiger partial charge >= 0.3 is 0 Å². The normalized spacial score (nSPS) is 11.8. The summed E-state index contributed by atoms with van der Waals surface area (Å²) < 4.78 is 5.74. The Morgan fingerprint density at radius 2 is 1.94 bits per heavy atom. The third-order valence-corrected chi connectivity index (χ3v) is 3.42. The first-order chi connectivity index (χ1) is 8.38. The molecule has 18 heavy (non-hydrogen) atoms. The molecule has 2 rings (SSSR count). The number of hydrogen-bond acceptors (Lipinski definition) is 2. The van der Waals surface area contributed by atoms with Gasteiger partial charge in [-0.3, -0.25) is 0 Å². The van der Waals surface area contributed by atoms with Crippen LogP contribution in [-0.2, 0) is 11.8 Å². The zero-order valence-electron chi connectivity index (χ0n) is 11.7. The van der Waals surface area contributed by atoms with Crippen LogP contribution in [0, 0.1) is 18.3 Å². The van der Waals surface area contributed by atoms with Crippen molar-refractivity contribution >= 4 is 11.0 Å². The van der Waals surface area contributed by atoms with E-state index < -0.39 is 0 Å². The molecule has 1 aromatic carbocycles. The second-order valence-electron chi connectivity index (χ2n) is 5.79. The van der Waals surface area contributed by atoms with Crippen LogP contribution >= 0.6 is 0 Å². The molecule has 0 aliphatic heterocycles. The van der Waals surface area contributed by atoms with Gasteiger partial charge in [0.05, 0.1) is 0 Å². The average molecular weight is 241 g/mol. The van der Waals surface area contributed by atoms with Crippen molar-refractivity contribution in [2.24, 2.45) is 0 Å². The Morgan fingerprint density at radius 1 is 1.28 bits per heavy atom. The quantitative estimate of drug-likeness (QED) is 0.738. The van der Waals surface area contributed by atoms with Gasteiger partial charge in [-0.2, -0.15) is 5.26 Å². The van der Waals surface area contributed by atoms with Crippen LogP contribution in [0.25, 0.3) is 11.0 Å². The minimum atomic E-state index is 0.0143. The minimum Gasteiger partial charge on any atom is -0.445 e.